The molecule has 5 nitrogen and oxygen atoms in total. The Morgan fingerprint density at radius 2 is 1.90 bits per heavy atom. The molecule has 6 heteroatoms. The molecule has 2 atom stereocenters. The van der Waals surface area contributed by atoms with Crippen LogP contribution in [0.2, 0.25) is 5.02 Å². The number of nitrogens with zero attached hydrogens (tertiary/aromatic N) is 1. The molecule has 2 unspecified atom stereocenters. The quantitative estimate of drug-likeness (QED) is 0.459. The first-order valence-electron chi connectivity index (χ1n) is 10.4. The van der Waals surface area contributed by atoms with E-state index in [9.17, 15) is 15.0 Å². The zero-order valence-electron chi connectivity index (χ0n) is 16.9. The number of aliphatic hydroxyl groups is 2. The summed E-state index contributed by atoms with van der Waals surface area (Å²) < 4.78 is 0. The third-order valence-corrected chi connectivity index (χ3v) is 5.68. The van der Waals surface area contributed by atoms with Gasteiger partial charge in [0.05, 0.1) is 29.8 Å². The Morgan fingerprint density at radius 3 is 2.58 bits per heavy atom. The smallest absolute Gasteiger partial charge is 0.305 e. The zero-order chi connectivity index (χ0) is 22.0. The Labute approximate surface area is 185 Å². The predicted molar refractivity (Wildman–Crippen MR) is 122 cm³/mol. The molecule has 0 spiro atoms. The van der Waals surface area contributed by atoms with Crippen LogP contribution in [0.25, 0.3) is 28.1 Å². The van der Waals surface area contributed by atoms with Crippen molar-refractivity contribution in [1.82, 2.24) is 4.98 Å². The van der Waals surface area contributed by atoms with Gasteiger partial charge in [-0.15, -0.1) is 0 Å². The summed E-state index contributed by atoms with van der Waals surface area (Å²) in [6.07, 6.45) is 3.07. The van der Waals surface area contributed by atoms with Gasteiger partial charge in [0.25, 0.3) is 0 Å². The van der Waals surface area contributed by atoms with Crippen molar-refractivity contribution in [3.05, 3.63) is 70.9 Å². The van der Waals surface area contributed by atoms with E-state index in [1.807, 2.05) is 54.6 Å². The number of carboxylic acids is 1. The Hall–Kier alpha value is -2.73. The molecule has 0 bridgehead atoms. The fourth-order valence-corrected chi connectivity index (χ4v) is 4.04. The monoisotopic (exact) mass is 437 g/mol. The maximum absolute atomic E-state index is 10.8. The van der Waals surface area contributed by atoms with E-state index in [0.717, 1.165) is 46.1 Å². The number of pyridine rings is 1. The first kappa shape index (κ1) is 21.5. The number of aromatic nitrogens is 1. The summed E-state index contributed by atoms with van der Waals surface area (Å²) in [5.41, 5.74) is 4.82. The number of carbonyl (C=O) groups is 1. The van der Waals surface area contributed by atoms with Crippen LogP contribution in [0, 0.1) is 0 Å². The molecule has 1 saturated carbocycles. The molecule has 160 valence electrons. The third-order valence-electron chi connectivity index (χ3n) is 5.45. The highest BCUT2D eigenvalue weighted by atomic mass is 35.5. The lowest BCUT2D eigenvalue weighted by Crippen LogP contribution is -2.19. The van der Waals surface area contributed by atoms with Crippen LogP contribution in [0.15, 0.2) is 54.6 Å². The van der Waals surface area contributed by atoms with Gasteiger partial charge in [0.2, 0.25) is 0 Å². The number of fused-ring (bicyclic) bond motifs is 1. The number of aliphatic hydroxyl groups excluding tert-OH is 2. The molecule has 0 aliphatic heterocycles. The van der Waals surface area contributed by atoms with Gasteiger partial charge >= 0.3 is 5.97 Å². The van der Waals surface area contributed by atoms with Crippen molar-refractivity contribution in [3.63, 3.8) is 0 Å². The summed E-state index contributed by atoms with van der Waals surface area (Å²) in [6, 6.07) is 15.7. The van der Waals surface area contributed by atoms with Crippen molar-refractivity contribution in [2.75, 3.05) is 0 Å². The molecular formula is C25H24ClNO4. The molecule has 1 aliphatic carbocycles. The number of hydrogen-bond donors (Lipinski definition) is 3. The van der Waals surface area contributed by atoms with Crippen LogP contribution in [0.5, 0.6) is 0 Å². The van der Waals surface area contributed by atoms with Gasteiger partial charge in [-0.2, -0.15) is 0 Å². The number of aliphatic carboxylic acids is 1. The molecule has 31 heavy (non-hydrogen) atoms. The van der Waals surface area contributed by atoms with Crippen LogP contribution in [0.3, 0.4) is 0 Å². The Morgan fingerprint density at radius 1 is 1.16 bits per heavy atom. The Bertz CT molecular complexity index is 1130. The highest BCUT2D eigenvalue weighted by Crippen LogP contribution is 2.45. The topological polar surface area (TPSA) is 90.7 Å². The molecule has 4 rings (SSSR count). The van der Waals surface area contributed by atoms with E-state index in [1.165, 1.54) is 0 Å². The van der Waals surface area contributed by atoms with Crippen molar-refractivity contribution in [2.45, 2.75) is 43.8 Å². The summed E-state index contributed by atoms with van der Waals surface area (Å²) in [5.74, 6) is -0.724. The first-order valence-corrected chi connectivity index (χ1v) is 10.7. The first-order chi connectivity index (χ1) is 14.9. The van der Waals surface area contributed by atoms with Gasteiger partial charge in [0.15, 0.2) is 0 Å². The van der Waals surface area contributed by atoms with E-state index in [1.54, 1.807) is 6.08 Å². The summed E-state index contributed by atoms with van der Waals surface area (Å²) in [7, 11) is 0. The molecular weight excluding hydrogens is 414 g/mol. The maximum Gasteiger partial charge on any atom is 0.305 e. The van der Waals surface area contributed by atoms with Crippen LogP contribution in [0.1, 0.15) is 42.9 Å². The molecule has 1 fully saturated rings. The summed E-state index contributed by atoms with van der Waals surface area (Å²) in [4.78, 5) is 15.7. The van der Waals surface area contributed by atoms with E-state index in [-0.39, 0.29) is 6.42 Å². The fraction of sp³-hybridized carbons (Fsp3) is 0.280. The Kier molecular flexibility index (Phi) is 6.37. The van der Waals surface area contributed by atoms with E-state index < -0.39 is 24.6 Å². The maximum atomic E-state index is 10.8. The number of rotatable bonds is 8. The second kappa shape index (κ2) is 9.18. The molecule has 3 N–H and O–H groups in total. The lowest BCUT2D eigenvalue weighted by atomic mass is 9.92. The summed E-state index contributed by atoms with van der Waals surface area (Å²) in [6.45, 7) is 0. The summed E-state index contributed by atoms with van der Waals surface area (Å²) in [5, 5.41) is 30.6. The zero-order valence-corrected chi connectivity index (χ0v) is 17.7. The standard InChI is InChI=1S/C25H24ClNO4/c26-17-8-11-22-21(12-17)24(15-4-2-1-3-5-15)20(25(27-22)16-6-7-16)10-9-18(28)13-19(29)14-23(30)31/h1-5,8-12,16,18-19,28-29H,6-7,13-14H2,(H,30,31)/b10-9+. The minimum absolute atomic E-state index is 0.0466. The minimum Gasteiger partial charge on any atom is -0.481 e. The molecule has 1 aromatic heterocycles. The van der Waals surface area contributed by atoms with Crippen LogP contribution < -0.4 is 0 Å². The number of benzene rings is 2. The van der Waals surface area contributed by atoms with Crippen molar-refractivity contribution in [3.8, 4) is 11.1 Å². The average molecular weight is 438 g/mol. The van der Waals surface area contributed by atoms with Crippen molar-refractivity contribution < 1.29 is 20.1 Å². The van der Waals surface area contributed by atoms with Gasteiger partial charge in [-0.25, -0.2) is 0 Å². The SMILES string of the molecule is O=C(O)CC(O)CC(O)/C=C/c1c(C2CC2)nc2ccc(Cl)cc2c1-c1ccccc1. The van der Waals surface area contributed by atoms with E-state index in [0.29, 0.717) is 10.9 Å². The van der Waals surface area contributed by atoms with Crippen molar-refractivity contribution in [2.24, 2.45) is 0 Å². The predicted octanol–water partition coefficient (Wildman–Crippen LogP) is 5.03. The van der Waals surface area contributed by atoms with Crippen LogP contribution >= 0.6 is 11.6 Å². The van der Waals surface area contributed by atoms with Crippen LogP contribution in [-0.2, 0) is 4.79 Å². The third kappa shape index (κ3) is 5.13. The number of carboxylic acid groups (broad SMARTS) is 1. The summed E-state index contributed by atoms with van der Waals surface area (Å²) >= 11 is 6.31. The van der Waals surface area contributed by atoms with Gasteiger partial charge in [0, 0.05) is 33.9 Å². The molecule has 0 saturated heterocycles. The Balaban J connectivity index is 1.81. The van der Waals surface area contributed by atoms with Crippen molar-refractivity contribution in [1.29, 1.82) is 0 Å². The lowest BCUT2D eigenvalue weighted by molar-refractivity contribution is -0.139. The minimum atomic E-state index is -1.11. The van der Waals surface area contributed by atoms with Crippen LogP contribution in [-0.4, -0.2) is 38.5 Å². The molecule has 0 amide bonds. The van der Waals surface area contributed by atoms with E-state index >= 15 is 0 Å². The highest BCUT2D eigenvalue weighted by Gasteiger charge is 2.29. The molecule has 3 aromatic rings. The average Bonchev–Trinajstić information content (AvgIpc) is 3.56. The number of hydrogen-bond acceptors (Lipinski definition) is 4. The van der Waals surface area contributed by atoms with E-state index in [2.05, 4.69) is 0 Å². The lowest BCUT2D eigenvalue weighted by Gasteiger charge is -2.16. The second-order valence-electron chi connectivity index (χ2n) is 8.00. The highest BCUT2D eigenvalue weighted by molar-refractivity contribution is 6.31. The fourth-order valence-electron chi connectivity index (χ4n) is 3.87. The van der Waals surface area contributed by atoms with Crippen LogP contribution in [0.4, 0.5) is 0 Å². The van der Waals surface area contributed by atoms with Gasteiger partial charge in [-0.05, 0) is 36.6 Å². The molecule has 1 heterocycles. The van der Waals surface area contributed by atoms with Gasteiger partial charge < -0.3 is 15.3 Å². The largest absolute Gasteiger partial charge is 0.481 e. The molecule has 2 aromatic carbocycles. The van der Waals surface area contributed by atoms with E-state index in [4.69, 9.17) is 21.7 Å². The molecule has 0 radical (unpaired) electrons. The van der Waals surface area contributed by atoms with Crippen molar-refractivity contribution >= 4 is 34.5 Å². The van der Waals surface area contributed by atoms with Gasteiger partial charge in [-0.3, -0.25) is 9.78 Å². The van der Waals surface area contributed by atoms with Gasteiger partial charge in [-0.1, -0.05) is 54.1 Å². The number of halogens is 1. The molecule has 1 aliphatic rings. The normalized spacial score (nSPS) is 16.0. The second-order valence-corrected chi connectivity index (χ2v) is 8.44. The van der Waals surface area contributed by atoms with Gasteiger partial charge in [0.1, 0.15) is 0 Å².